The Kier molecular flexibility index (Phi) is 2.24. The highest BCUT2D eigenvalue weighted by atomic mass is 19.3. The first-order valence-electron chi connectivity index (χ1n) is 7.49. The molecule has 1 aromatic carbocycles. The van der Waals surface area contributed by atoms with Crippen LogP contribution in [0.3, 0.4) is 0 Å². The second-order valence-corrected chi connectivity index (χ2v) is 6.36. The van der Waals surface area contributed by atoms with E-state index in [0.29, 0.717) is 35.4 Å². The molecule has 0 saturated heterocycles. The van der Waals surface area contributed by atoms with E-state index in [1.807, 2.05) is 0 Å². The van der Waals surface area contributed by atoms with E-state index < -0.39 is 23.2 Å². The number of fused-ring (bicyclic) bond motifs is 2. The largest absolute Gasteiger partial charge is 0.454 e. The summed E-state index contributed by atoms with van der Waals surface area (Å²) in [6, 6.07) is 3.39. The van der Waals surface area contributed by atoms with Gasteiger partial charge in [0, 0.05) is 12.1 Å². The molecule has 1 spiro atoms. The number of aromatic amines is 1. The third kappa shape index (κ3) is 1.55. The Morgan fingerprint density at radius 3 is 2.70 bits per heavy atom. The Morgan fingerprint density at radius 1 is 1.30 bits per heavy atom. The molecule has 0 radical (unpaired) electrons. The van der Waals surface area contributed by atoms with Gasteiger partial charge in [-0.3, -0.25) is 10.1 Å². The minimum atomic E-state index is -2.90. The maximum Gasteiger partial charge on any atom is 0.266 e. The molecule has 2 fully saturated rings. The number of imidazole rings is 1. The fourth-order valence-electron chi connectivity index (χ4n) is 3.75. The van der Waals surface area contributed by atoms with Crippen molar-refractivity contribution in [3.63, 3.8) is 0 Å². The van der Waals surface area contributed by atoms with E-state index in [1.165, 1.54) is 0 Å². The number of benzene rings is 1. The molecule has 3 aliphatic rings. The number of rotatable bonds is 2. The number of halogens is 2. The van der Waals surface area contributed by atoms with E-state index in [0.717, 1.165) is 6.42 Å². The van der Waals surface area contributed by atoms with Crippen molar-refractivity contribution in [3.8, 4) is 11.5 Å². The number of anilines is 1. The maximum atomic E-state index is 13.9. The van der Waals surface area contributed by atoms with Gasteiger partial charge in [0.15, 0.2) is 11.5 Å². The topological polar surface area (TPSA) is 76.2 Å². The zero-order valence-corrected chi connectivity index (χ0v) is 12.0. The van der Waals surface area contributed by atoms with Crippen molar-refractivity contribution < 1.29 is 23.0 Å². The van der Waals surface area contributed by atoms with Crippen LogP contribution in [0.1, 0.15) is 19.3 Å². The molecule has 120 valence electrons. The highest BCUT2D eigenvalue weighted by Gasteiger charge is 2.84. The molecule has 1 atom stereocenters. The summed E-state index contributed by atoms with van der Waals surface area (Å²) in [5.74, 6) is -3.50. The van der Waals surface area contributed by atoms with E-state index in [9.17, 15) is 13.6 Å². The first kappa shape index (κ1) is 13.1. The molecule has 2 saturated carbocycles. The Morgan fingerprint density at radius 2 is 2.04 bits per heavy atom. The van der Waals surface area contributed by atoms with Crippen LogP contribution in [0.15, 0.2) is 12.1 Å². The van der Waals surface area contributed by atoms with Gasteiger partial charge in [0.1, 0.15) is 5.92 Å². The van der Waals surface area contributed by atoms with Crippen LogP contribution in [-0.4, -0.2) is 28.6 Å². The lowest BCUT2D eigenvalue weighted by Crippen LogP contribution is -2.23. The zero-order valence-electron chi connectivity index (χ0n) is 12.0. The van der Waals surface area contributed by atoms with Gasteiger partial charge in [-0.1, -0.05) is 6.42 Å². The molecule has 2 aromatic rings. The summed E-state index contributed by atoms with van der Waals surface area (Å²) in [7, 11) is 0. The molecule has 0 bridgehead atoms. The second kappa shape index (κ2) is 3.93. The standard InChI is InChI=1S/C15H13F2N3O3/c16-15(17)11(14(15)2-1-3-14)12(21)20-13-18-7-4-9-10(23-6-22-9)5-8(7)19-13/h4-5,11H,1-3,6H2,(H2,18,19,20,21). The second-order valence-electron chi connectivity index (χ2n) is 6.36. The van der Waals surface area contributed by atoms with Crippen LogP contribution in [0.4, 0.5) is 14.7 Å². The van der Waals surface area contributed by atoms with E-state index in [-0.39, 0.29) is 12.7 Å². The number of hydrogen-bond acceptors (Lipinski definition) is 4. The molecular weight excluding hydrogens is 308 g/mol. The number of H-pyrrole nitrogens is 1. The van der Waals surface area contributed by atoms with Crippen molar-refractivity contribution in [2.24, 2.45) is 11.3 Å². The first-order chi connectivity index (χ1) is 11.0. The van der Waals surface area contributed by atoms with E-state index >= 15 is 0 Å². The predicted octanol–water partition coefficient (Wildman–Crippen LogP) is 2.67. The van der Waals surface area contributed by atoms with Crippen molar-refractivity contribution in [1.29, 1.82) is 0 Å². The molecule has 6 nitrogen and oxygen atoms in total. The van der Waals surface area contributed by atoms with Crippen molar-refractivity contribution in [2.75, 3.05) is 12.1 Å². The van der Waals surface area contributed by atoms with Gasteiger partial charge in [0.05, 0.1) is 16.4 Å². The molecule has 8 heteroatoms. The number of amides is 1. The monoisotopic (exact) mass is 321 g/mol. The third-order valence-corrected chi connectivity index (χ3v) is 5.22. The van der Waals surface area contributed by atoms with Crippen LogP contribution in [0.2, 0.25) is 0 Å². The van der Waals surface area contributed by atoms with Crippen molar-refractivity contribution in [2.45, 2.75) is 25.2 Å². The fourth-order valence-corrected chi connectivity index (χ4v) is 3.75. The molecular formula is C15H13F2N3O3. The lowest BCUT2D eigenvalue weighted by Gasteiger charge is -2.25. The summed E-state index contributed by atoms with van der Waals surface area (Å²) in [5.41, 5.74) is 0.113. The highest BCUT2D eigenvalue weighted by molar-refractivity contribution is 5.97. The van der Waals surface area contributed by atoms with Crippen LogP contribution < -0.4 is 14.8 Å². The summed E-state index contributed by atoms with van der Waals surface area (Å²) >= 11 is 0. The molecule has 1 aliphatic heterocycles. The summed E-state index contributed by atoms with van der Waals surface area (Å²) < 4.78 is 38.3. The maximum absolute atomic E-state index is 13.9. The molecule has 2 heterocycles. The molecule has 2 N–H and O–H groups in total. The summed E-state index contributed by atoms with van der Waals surface area (Å²) in [6.45, 7) is 0.157. The highest BCUT2D eigenvalue weighted by Crippen LogP contribution is 2.75. The first-order valence-corrected chi connectivity index (χ1v) is 7.49. The Labute approximate surface area is 129 Å². The quantitative estimate of drug-likeness (QED) is 0.891. The summed E-state index contributed by atoms with van der Waals surface area (Å²) in [5, 5.41) is 2.48. The van der Waals surface area contributed by atoms with Crippen LogP contribution in [0.25, 0.3) is 11.0 Å². The van der Waals surface area contributed by atoms with E-state index in [4.69, 9.17) is 9.47 Å². The molecule has 1 unspecified atom stereocenters. The van der Waals surface area contributed by atoms with Gasteiger partial charge in [-0.25, -0.2) is 13.8 Å². The lowest BCUT2D eigenvalue weighted by atomic mass is 9.79. The number of nitrogens with one attached hydrogen (secondary N) is 2. The van der Waals surface area contributed by atoms with Gasteiger partial charge in [0.2, 0.25) is 18.6 Å². The molecule has 5 rings (SSSR count). The number of hydrogen-bond donors (Lipinski definition) is 2. The SMILES string of the molecule is O=C(Nc1nc2cc3c(cc2[nH]1)OCO3)C1C(F)(F)C12CCC2. The number of ether oxygens (including phenoxy) is 2. The predicted molar refractivity (Wildman–Crippen MR) is 75.6 cm³/mol. The summed E-state index contributed by atoms with van der Waals surface area (Å²) in [6.07, 6.45) is 1.59. The Balaban J connectivity index is 1.41. The average Bonchev–Trinajstić information content (AvgIpc) is 2.80. The summed E-state index contributed by atoms with van der Waals surface area (Å²) in [4.78, 5) is 19.3. The van der Waals surface area contributed by atoms with E-state index in [1.54, 1.807) is 12.1 Å². The fraction of sp³-hybridized carbons (Fsp3) is 0.467. The molecule has 23 heavy (non-hydrogen) atoms. The number of carbonyl (C=O) groups is 1. The molecule has 1 amide bonds. The van der Waals surface area contributed by atoms with Gasteiger partial charge < -0.3 is 14.5 Å². The van der Waals surface area contributed by atoms with Gasteiger partial charge in [-0.05, 0) is 12.8 Å². The minimum absolute atomic E-state index is 0.157. The number of aromatic nitrogens is 2. The molecule has 2 aliphatic carbocycles. The smallest absolute Gasteiger partial charge is 0.266 e. The van der Waals surface area contributed by atoms with E-state index in [2.05, 4.69) is 15.3 Å². The van der Waals surface area contributed by atoms with Crippen molar-refractivity contribution >= 4 is 22.9 Å². The number of nitrogens with zero attached hydrogens (tertiary/aromatic N) is 1. The van der Waals surface area contributed by atoms with Crippen LogP contribution in [-0.2, 0) is 4.79 Å². The number of carbonyl (C=O) groups excluding carboxylic acids is 1. The minimum Gasteiger partial charge on any atom is -0.454 e. The van der Waals surface area contributed by atoms with Gasteiger partial charge >= 0.3 is 0 Å². The van der Waals surface area contributed by atoms with Crippen LogP contribution in [0, 0.1) is 11.3 Å². The van der Waals surface area contributed by atoms with Crippen LogP contribution >= 0.6 is 0 Å². The lowest BCUT2D eigenvalue weighted by molar-refractivity contribution is -0.119. The number of alkyl halides is 2. The Bertz CT molecular complexity index is 803. The normalized spacial score (nSPS) is 25.4. The van der Waals surface area contributed by atoms with Crippen molar-refractivity contribution in [3.05, 3.63) is 12.1 Å². The van der Waals surface area contributed by atoms with Gasteiger partial charge in [0.25, 0.3) is 5.92 Å². The van der Waals surface area contributed by atoms with Crippen LogP contribution in [0.5, 0.6) is 11.5 Å². The van der Waals surface area contributed by atoms with Gasteiger partial charge in [-0.2, -0.15) is 0 Å². The zero-order chi connectivity index (χ0) is 15.8. The third-order valence-electron chi connectivity index (χ3n) is 5.22. The Hall–Kier alpha value is -2.38. The average molecular weight is 321 g/mol. The molecule has 1 aromatic heterocycles. The van der Waals surface area contributed by atoms with Crippen molar-refractivity contribution in [1.82, 2.24) is 9.97 Å². The van der Waals surface area contributed by atoms with Gasteiger partial charge in [-0.15, -0.1) is 0 Å².